The Bertz CT molecular complexity index is 823. The fourth-order valence-electron chi connectivity index (χ4n) is 3.59. The molecule has 1 saturated carbocycles. The topological polar surface area (TPSA) is 93.1 Å². The van der Waals surface area contributed by atoms with Crippen molar-refractivity contribution in [1.29, 1.82) is 0 Å². The number of hydrogen-bond acceptors (Lipinski definition) is 6. The molecular formula is C26H40F6O6. The average molecular weight is 563 g/mol. The minimum atomic E-state index is -4.87. The minimum absolute atomic E-state index is 0.0123. The van der Waals surface area contributed by atoms with Crippen molar-refractivity contribution >= 4 is 11.9 Å². The molecule has 0 spiro atoms. The standard InChI is InChI=1S/C14H21F3O3.C12H19F3O3/c1-9(2)12(18)20-11(8-10-6-4-5-7-10)13(3,19)14(15,16)17;1-7(2)6-9(18-10(16)8(3)4)11(5,17)12(13,14)15/h10-11,19H,1,4-8H2,2-3H3;7,9,17H,3,6H2,1-2,4-5H3. The number of halogens is 6. The molecule has 1 aliphatic rings. The highest BCUT2D eigenvalue weighted by Gasteiger charge is 2.58. The number of esters is 2. The van der Waals surface area contributed by atoms with Gasteiger partial charge in [0.15, 0.2) is 11.2 Å². The summed E-state index contributed by atoms with van der Waals surface area (Å²) in [6.45, 7) is 13.9. The van der Waals surface area contributed by atoms with Crippen molar-refractivity contribution in [2.24, 2.45) is 11.8 Å². The van der Waals surface area contributed by atoms with Gasteiger partial charge in [-0.3, -0.25) is 0 Å². The van der Waals surface area contributed by atoms with Crippen LogP contribution < -0.4 is 0 Å². The summed E-state index contributed by atoms with van der Waals surface area (Å²) in [5, 5.41) is 19.3. The smallest absolute Gasteiger partial charge is 0.420 e. The molecule has 2 N–H and O–H groups in total. The molecule has 0 aliphatic heterocycles. The highest BCUT2D eigenvalue weighted by Crippen LogP contribution is 2.40. The van der Waals surface area contributed by atoms with E-state index in [4.69, 9.17) is 9.47 Å². The molecule has 0 heterocycles. The van der Waals surface area contributed by atoms with Gasteiger partial charge in [-0.15, -0.1) is 0 Å². The lowest BCUT2D eigenvalue weighted by atomic mass is 9.89. The fraction of sp³-hybridized carbons (Fsp3) is 0.769. The second kappa shape index (κ2) is 13.8. The van der Waals surface area contributed by atoms with E-state index in [1.807, 2.05) is 0 Å². The summed E-state index contributed by atoms with van der Waals surface area (Å²) in [6.07, 6.45) is -9.54. The predicted octanol–water partition coefficient (Wildman–Crippen LogP) is 6.20. The Balaban J connectivity index is 0.000000726. The van der Waals surface area contributed by atoms with Gasteiger partial charge in [0.1, 0.15) is 12.2 Å². The van der Waals surface area contributed by atoms with Crippen molar-refractivity contribution in [3.63, 3.8) is 0 Å². The number of aliphatic hydroxyl groups is 2. The molecule has 6 nitrogen and oxygen atoms in total. The van der Waals surface area contributed by atoms with Crippen LogP contribution in [0.2, 0.25) is 0 Å². The second-order valence-corrected chi connectivity index (χ2v) is 10.7. The Kier molecular flexibility index (Phi) is 13.1. The van der Waals surface area contributed by atoms with E-state index in [0.29, 0.717) is 13.8 Å². The number of carbonyl (C=O) groups is 2. The van der Waals surface area contributed by atoms with Gasteiger partial charge in [0.2, 0.25) is 0 Å². The van der Waals surface area contributed by atoms with Gasteiger partial charge in [-0.2, -0.15) is 26.3 Å². The van der Waals surface area contributed by atoms with Gasteiger partial charge in [0.25, 0.3) is 0 Å². The molecule has 0 bridgehead atoms. The highest BCUT2D eigenvalue weighted by molar-refractivity contribution is 5.87. The van der Waals surface area contributed by atoms with Gasteiger partial charge in [-0.1, -0.05) is 52.7 Å². The predicted molar refractivity (Wildman–Crippen MR) is 129 cm³/mol. The molecule has 1 fully saturated rings. The van der Waals surface area contributed by atoms with E-state index in [2.05, 4.69) is 13.2 Å². The Morgan fingerprint density at radius 2 is 1.16 bits per heavy atom. The van der Waals surface area contributed by atoms with Crippen molar-refractivity contribution < 1.29 is 55.6 Å². The molecule has 0 amide bonds. The van der Waals surface area contributed by atoms with E-state index in [-0.39, 0.29) is 35.8 Å². The summed E-state index contributed by atoms with van der Waals surface area (Å²) in [6, 6.07) is 0. The number of carbonyl (C=O) groups excluding carboxylic acids is 2. The number of rotatable bonds is 10. The third-order valence-corrected chi connectivity index (χ3v) is 6.30. The zero-order valence-corrected chi connectivity index (χ0v) is 22.8. The third kappa shape index (κ3) is 10.6. The molecule has 222 valence electrons. The van der Waals surface area contributed by atoms with Gasteiger partial charge < -0.3 is 19.7 Å². The Labute approximate surface area is 220 Å². The third-order valence-electron chi connectivity index (χ3n) is 6.30. The van der Waals surface area contributed by atoms with Crippen LogP contribution in [0.15, 0.2) is 24.3 Å². The molecule has 4 atom stereocenters. The van der Waals surface area contributed by atoms with E-state index in [1.165, 1.54) is 13.8 Å². The quantitative estimate of drug-likeness (QED) is 0.187. The van der Waals surface area contributed by atoms with Crippen LogP contribution in [-0.4, -0.2) is 57.9 Å². The molecule has 0 radical (unpaired) electrons. The molecule has 12 heteroatoms. The van der Waals surface area contributed by atoms with Crippen LogP contribution in [0.5, 0.6) is 0 Å². The lowest BCUT2D eigenvalue weighted by Crippen LogP contribution is -2.54. The molecule has 0 aromatic rings. The van der Waals surface area contributed by atoms with Crippen molar-refractivity contribution in [3.05, 3.63) is 24.3 Å². The average Bonchev–Trinajstić information content (AvgIpc) is 3.24. The monoisotopic (exact) mass is 562 g/mol. The van der Waals surface area contributed by atoms with E-state index >= 15 is 0 Å². The number of ether oxygens (including phenoxy) is 2. The normalized spacial score (nSPS) is 19.3. The van der Waals surface area contributed by atoms with E-state index in [9.17, 15) is 46.1 Å². The SMILES string of the molecule is C=C(C)C(=O)OC(CC(C)C)C(C)(O)C(F)(F)F.C=C(C)C(=O)OC(CC1CCCC1)C(C)(O)C(F)(F)F. The lowest BCUT2D eigenvalue weighted by molar-refractivity contribution is -0.286. The summed E-state index contributed by atoms with van der Waals surface area (Å²) >= 11 is 0. The van der Waals surface area contributed by atoms with Crippen LogP contribution in [0.1, 0.15) is 80.1 Å². The molecule has 1 rings (SSSR count). The maximum atomic E-state index is 12.9. The van der Waals surface area contributed by atoms with Crippen LogP contribution in [-0.2, 0) is 19.1 Å². The molecule has 0 aromatic carbocycles. The van der Waals surface area contributed by atoms with E-state index in [1.54, 1.807) is 13.8 Å². The Hall–Kier alpha value is -2.08. The molecule has 38 heavy (non-hydrogen) atoms. The van der Waals surface area contributed by atoms with E-state index in [0.717, 1.165) is 25.7 Å². The summed E-state index contributed by atoms with van der Waals surface area (Å²) in [5.41, 5.74) is -6.13. The number of alkyl halides is 6. The first-order valence-electron chi connectivity index (χ1n) is 12.3. The summed E-state index contributed by atoms with van der Waals surface area (Å²) in [7, 11) is 0. The number of hydrogen-bond donors (Lipinski definition) is 2. The van der Waals surface area contributed by atoms with Gasteiger partial charge in [0, 0.05) is 11.1 Å². The maximum Gasteiger partial charge on any atom is 0.420 e. The second-order valence-electron chi connectivity index (χ2n) is 10.7. The lowest BCUT2D eigenvalue weighted by Gasteiger charge is -2.35. The minimum Gasteiger partial charge on any atom is -0.456 e. The molecule has 0 aromatic heterocycles. The Morgan fingerprint density at radius 3 is 1.47 bits per heavy atom. The first-order valence-corrected chi connectivity index (χ1v) is 12.3. The largest absolute Gasteiger partial charge is 0.456 e. The van der Waals surface area contributed by atoms with E-state index < -0.39 is 47.7 Å². The van der Waals surface area contributed by atoms with Crippen LogP contribution in [0.4, 0.5) is 26.3 Å². The zero-order chi connectivity index (χ0) is 30.3. The molecular weight excluding hydrogens is 522 g/mol. The van der Waals surface area contributed by atoms with Crippen molar-refractivity contribution in [2.75, 3.05) is 0 Å². The first-order chi connectivity index (χ1) is 16.9. The van der Waals surface area contributed by atoms with Gasteiger partial charge in [0.05, 0.1) is 0 Å². The van der Waals surface area contributed by atoms with Crippen molar-refractivity contribution in [2.45, 2.75) is 116 Å². The van der Waals surface area contributed by atoms with Crippen molar-refractivity contribution in [1.82, 2.24) is 0 Å². The zero-order valence-electron chi connectivity index (χ0n) is 22.8. The summed E-state index contributed by atoms with van der Waals surface area (Å²) in [4.78, 5) is 22.8. The van der Waals surface area contributed by atoms with Gasteiger partial charge >= 0.3 is 24.3 Å². The van der Waals surface area contributed by atoms with Crippen LogP contribution >= 0.6 is 0 Å². The first kappa shape index (κ1) is 35.9. The summed E-state index contributed by atoms with van der Waals surface area (Å²) < 4.78 is 86.6. The molecule has 0 saturated heterocycles. The van der Waals surface area contributed by atoms with Crippen LogP contribution in [0.3, 0.4) is 0 Å². The van der Waals surface area contributed by atoms with Crippen LogP contribution in [0.25, 0.3) is 0 Å². The van der Waals surface area contributed by atoms with Gasteiger partial charge in [-0.25, -0.2) is 9.59 Å². The van der Waals surface area contributed by atoms with Gasteiger partial charge in [-0.05, 0) is 52.4 Å². The molecule has 4 unspecified atom stereocenters. The Morgan fingerprint density at radius 1 is 0.816 bits per heavy atom. The maximum absolute atomic E-state index is 12.9. The van der Waals surface area contributed by atoms with Crippen molar-refractivity contribution in [3.8, 4) is 0 Å². The van der Waals surface area contributed by atoms with Crippen LogP contribution in [0, 0.1) is 11.8 Å². The molecule has 1 aliphatic carbocycles. The fourth-order valence-corrected chi connectivity index (χ4v) is 3.59. The summed E-state index contributed by atoms with van der Waals surface area (Å²) in [5.74, 6) is -1.96. The highest BCUT2D eigenvalue weighted by atomic mass is 19.4.